The van der Waals surface area contributed by atoms with Gasteiger partial charge in [-0.25, -0.2) is 0 Å². The van der Waals surface area contributed by atoms with Crippen LogP contribution < -0.4 is 5.32 Å². The summed E-state index contributed by atoms with van der Waals surface area (Å²) in [6.07, 6.45) is 7.05. The van der Waals surface area contributed by atoms with E-state index in [2.05, 4.69) is 33.1 Å². The zero-order valence-electron chi connectivity index (χ0n) is 11.3. The minimum Gasteiger partial charge on any atom is -0.372 e. The maximum atomic E-state index is 6.14. The Labute approximate surface area is 100 Å². The van der Waals surface area contributed by atoms with Gasteiger partial charge in [0.05, 0.1) is 11.7 Å². The van der Waals surface area contributed by atoms with Crippen molar-refractivity contribution in [2.24, 2.45) is 11.3 Å². The lowest BCUT2D eigenvalue weighted by atomic mass is 9.79. The predicted octanol–water partition coefficient (Wildman–Crippen LogP) is 2.97. The highest BCUT2D eigenvalue weighted by atomic mass is 16.5. The van der Waals surface area contributed by atoms with Gasteiger partial charge >= 0.3 is 0 Å². The van der Waals surface area contributed by atoms with Crippen LogP contribution in [-0.4, -0.2) is 25.3 Å². The van der Waals surface area contributed by atoms with Gasteiger partial charge in [0.15, 0.2) is 0 Å². The second kappa shape index (κ2) is 4.30. The van der Waals surface area contributed by atoms with E-state index in [-0.39, 0.29) is 5.60 Å². The zero-order chi connectivity index (χ0) is 11.8. The third-order valence-electron chi connectivity index (χ3n) is 4.39. The minimum absolute atomic E-state index is 0.120. The summed E-state index contributed by atoms with van der Waals surface area (Å²) >= 11 is 0. The van der Waals surface area contributed by atoms with Crippen molar-refractivity contribution in [1.82, 2.24) is 5.32 Å². The summed E-state index contributed by atoms with van der Waals surface area (Å²) in [6.45, 7) is 8.02. The van der Waals surface area contributed by atoms with Gasteiger partial charge in [-0.05, 0) is 64.3 Å². The zero-order valence-corrected chi connectivity index (χ0v) is 11.3. The Kier molecular flexibility index (Phi) is 3.33. The largest absolute Gasteiger partial charge is 0.372 e. The molecule has 1 aliphatic carbocycles. The van der Waals surface area contributed by atoms with E-state index in [0.717, 1.165) is 12.5 Å². The molecule has 0 aromatic rings. The molecule has 1 aliphatic heterocycles. The monoisotopic (exact) mass is 225 g/mol. The fraction of sp³-hybridized carbons (Fsp3) is 1.00. The molecule has 2 rings (SSSR count). The van der Waals surface area contributed by atoms with Crippen LogP contribution in [0.4, 0.5) is 0 Å². The summed E-state index contributed by atoms with van der Waals surface area (Å²) in [7, 11) is 2.07. The first-order valence-corrected chi connectivity index (χ1v) is 6.78. The van der Waals surface area contributed by atoms with Gasteiger partial charge in [0.25, 0.3) is 0 Å². The van der Waals surface area contributed by atoms with Crippen molar-refractivity contribution in [2.45, 2.75) is 64.6 Å². The highest BCUT2D eigenvalue weighted by molar-refractivity contribution is 4.95. The van der Waals surface area contributed by atoms with Crippen LogP contribution in [-0.2, 0) is 4.74 Å². The summed E-state index contributed by atoms with van der Waals surface area (Å²) in [6, 6.07) is 0. The molecular weight excluding hydrogens is 198 g/mol. The van der Waals surface area contributed by atoms with E-state index in [1.54, 1.807) is 0 Å². The summed E-state index contributed by atoms with van der Waals surface area (Å²) < 4.78 is 6.14. The van der Waals surface area contributed by atoms with E-state index in [1.807, 2.05) is 0 Å². The standard InChI is InChI=1S/C14H27NO/c1-13(2)8-7-12(16-13)9-14(3,10-15-4)11-5-6-11/h11-12,15H,5-10H2,1-4H3. The molecule has 0 amide bonds. The Balaban J connectivity index is 1.91. The Morgan fingerprint density at radius 2 is 2.00 bits per heavy atom. The first-order chi connectivity index (χ1) is 7.45. The minimum atomic E-state index is 0.120. The highest BCUT2D eigenvalue weighted by Gasteiger charge is 2.44. The Hall–Kier alpha value is -0.0800. The van der Waals surface area contributed by atoms with Crippen LogP contribution in [0.5, 0.6) is 0 Å². The third-order valence-corrected chi connectivity index (χ3v) is 4.39. The van der Waals surface area contributed by atoms with E-state index in [9.17, 15) is 0 Å². The molecule has 2 atom stereocenters. The van der Waals surface area contributed by atoms with Crippen LogP contribution in [0.25, 0.3) is 0 Å². The molecule has 1 saturated heterocycles. The lowest BCUT2D eigenvalue weighted by Crippen LogP contribution is -2.35. The van der Waals surface area contributed by atoms with Gasteiger partial charge in [-0.2, -0.15) is 0 Å². The van der Waals surface area contributed by atoms with Crippen LogP contribution in [0.3, 0.4) is 0 Å². The van der Waals surface area contributed by atoms with Gasteiger partial charge in [0.2, 0.25) is 0 Å². The van der Waals surface area contributed by atoms with Crippen molar-refractivity contribution in [1.29, 1.82) is 0 Å². The summed E-state index contributed by atoms with van der Waals surface area (Å²) in [5, 5.41) is 3.37. The van der Waals surface area contributed by atoms with E-state index in [0.29, 0.717) is 11.5 Å². The van der Waals surface area contributed by atoms with Crippen LogP contribution in [0.1, 0.15) is 52.9 Å². The Morgan fingerprint density at radius 3 is 2.44 bits per heavy atom. The molecule has 0 bridgehead atoms. The topological polar surface area (TPSA) is 21.3 Å². The molecule has 2 heteroatoms. The van der Waals surface area contributed by atoms with Crippen molar-refractivity contribution in [3.8, 4) is 0 Å². The van der Waals surface area contributed by atoms with E-state index in [4.69, 9.17) is 4.74 Å². The Morgan fingerprint density at radius 1 is 1.31 bits per heavy atom. The van der Waals surface area contributed by atoms with Crippen molar-refractivity contribution < 1.29 is 4.74 Å². The molecule has 94 valence electrons. The molecule has 2 aliphatic rings. The molecule has 1 saturated carbocycles. The molecule has 0 radical (unpaired) electrons. The Bertz CT molecular complexity index is 247. The van der Waals surface area contributed by atoms with Gasteiger partial charge in [-0.3, -0.25) is 0 Å². The smallest absolute Gasteiger partial charge is 0.0631 e. The van der Waals surface area contributed by atoms with E-state index in [1.165, 1.54) is 32.1 Å². The molecular formula is C14H27NO. The molecule has 0 aromatic heterocycles. The molecule has 0 aromatic carbocycles. The highest BCUT2D eigenvalue weighted by Crippen LogP contribution is 2.49. The second-order valence-corrected chi connectivity index (χ2v) is 6.70. The third kappa shape index (κ3) is 2.78. The number of ether oxygens (including phenoxy) is 1. The van der Waals surface area contributed by atoms with Crippen LogP contribution in [0, 0.1) is 11.3 Å². The lowest BCUT2D eigenvalue weighted by Gasteiger charge is -2.33. The maximum Gasteiger partial charge on any atom is 0.0631 e. The van der Waals surface area contributed by atoms with Crippen LogP contribution in [0.2, 0.25) is 0 Å². The second-order valence-electron chi connectivity index (χ2n) is 6.70. The molecule has 16 heavy (non-hydrogen) atoms. The van der Waals surface area contributed by atoms with Gasteiger partial charge in [-0.15, -0.1) is 0 Å². The predicted molar refractivity (Wildman–Crippen MR) is 67.6 cm³/mol. The average Bonchev–Trinajstić information content (AvgIpc) is 2.94. The van der Waals surface area contributed by atoms with E-state index >= 15 is 0 Å². The van der Waals surface area contributed by atoms with Gasteiger partial charge in [-0.1, -0.05) is 6.92 Å². The SMILES string of the molecule is CNCC(C)(CC1CCC(C)(C)O1)C1CC1. The number of hydrogen-bond acceptors (Lipinski definition) is 2. The van der Waals surface area contributed by atoms with Gasteiger partial charge in [0.1, 0.15) is 0 Å². The maximum absolute atomic E-state index is 6.14. The summed E-state index contributed by atoms with van der Waals surface area (Å²) in [5.74, 6) is 0.937. The van der Waals surface area contributed by atoms with Crippen LogP contribution in [0.15, 0.2) is 0 Å². The van der Waals surface area contributed by atoms with E-state index < -0.39 is 0 Å². The fourth-order valence-electron chi connectivity index (χ4n) is 3.31. The molecule has 1 heterocycles. The van der Waals surface area contributed by atoms with Gasteiger partial charge in [0, 0.05) is 6.54 Å². The fourth-order valence-corrected chi connectivity index (χ4v) is 3.31. The molecule has 2 unspecified atom stereocenters. The number of rotatable bonds is 5. The van der Waals surface area contributed by atoms with Crippen molar-refractivity contribution in [2.75, 3.05) is 13.6 Å². The first-order valence-electron chi connectivity index (χ1n) is 6.78. The molecule has 0 spiro atoms. The van der Waals surface area contributed by atoms with Crippen molar-refractivity contribution in [3.05, 3.63) is 0 Å². The molecule has 1 N–H and O–H groups in total. The summed E-state index contributed by atoms with van der Waals surface area (Å²) in [4.78, 5) is 0. The normalized spacial score (nSPS) is 32.6. The van der Waals surface area contributed by atoms with Crippen LogP contribution >= 0.6 is 0 Å². The van der Waals surface area contributed by atoms with Crippen molar-refractivity contribution >= 4 is 0 Å². The number of hydrogen-bond donors (Lipinski definition) is 1. The van der Waals surface area contributed by atoms with Gasteiger partial charge < -0.3 is 10.1 Å². The average molecular weight is 225 g/mol. The first kappa shape index (κ1) is 12.4. The summed E-state index contributed by atoms with van der Waals surface area (Å²) in [5.41, 5.74) is 0.578. The lowest BCUT2D eigenvalue weighted by molar-refractivity contribution is -0.0362. The molecule has 2 nitrogen and oxygen atoms in total. The molecule has 2 fully saturated rings. The van der Waals surface area contributed by atoms with Crippen molar-refractivity contribution in [3.63, 3.8) is 0 Å². The quantitative estimate of drug-likeness (QED) is 0.776. The number of nitrogens with one attached hydrogen (secondary N) is 1.